The van der Waals surface area contributed by atoms with E-state index >= 15 is 0 Å². The Bertz CT molecular complexity index is 386. The molecule has 1 nitrogen and oxygen atoms in total. The van der Waals surface area contributed by atoms with Crippen LogP contribution in [0.2, 0.25) is 0 Å². The van der Waals surface area contributed by atoms with Crippen LogP contribution in [-0.2, 0) is 0 Å². The van der Waals surface area contributed by atoms with Crippen molar-refractivity contribution in [2.45, 2.75) is 56.2 Å². The molecule has 0 amide bonds. The topological polar surface area (TPSA) is 26.0 Å². The average molecular weight is 249 g/mol. The van der Waals surface area contributed by atoms with Gasteiger partial charge in [0.1, 0.15) is 0 Å². The van der Waals surface area contributed by atoms with Gasteiger partial charge in [-0.15, -0.1) is 11.8 Å². The summed E-state index contributed by atoms with van der Waals surface area (Å²) in [6, 6.07) is 8.97. The third-order valence-electron chi connectivity index (χ3n) is 3.76. The Hall–Kier alpha value is -0.470. The second kappa shape index (κ2) is 5.03. The molecule has 1 fully saturated rings. The van der Waals surface area contributed by atoms with E-state index in [2.05, 4.69) is 45.0 Å². The minimum atomic E-state index is 0.354. The van der Waals surface area contributed by atoms with Crippen LogP contribution in [0.15, 0.2) is 29.2 Å². The summed E-state index contributed by atoms with van der Waals surface area (Å²) in [5.74, 6) is 0. The lowest BCUT2D eigenvalue weighted by atomic mass is 9.75. The number of nitrogens with two attached hydrogens (primary N) is 1. The normalized spacial score (nSPS) is 28.0. The number of hydrogen-bond donors (Lipinski definition) is 1. The molecule has 0 heterocycles. The van der Waals surface area contributed by atoms with E-state index in [0.717, 1.165) is 6.42 Å². The standard InChI is InChI=1S/C15H23NS/c1-11-6-4-5-7-13(11)17-14-10-15(2,3)9-8-12(14)16/h4-7,12,14H,8-10,16H2,1-3H3. The molecular weight excluding hydrogens is 226 g/mol. The van der Waals surface area contributed by atoms with Crippen molar-refractivity contribution >= 4 is 11.8 Å². The molecule has 0 aliphatic heterocycles. The van der Waals surface area contributed by atoms with Gasteiger partial charge < -0.3 is 5.73 Å². The lowest BCUT2D eigenvalue weighted by Crippen LogP contribution is -2.41. The molecule has 2 heteroatoms. The summed E-state index contributed by atoms with van der Waals surface area (Å²) in [5.41, 5.74) is 8.10. The van der Waals surface area contributed by atoms with Gasteiger partial charge in [-0.25, -0.2) is 0 Å². The second-order valence-corrected chi connectivity index (χ2v) is 7.27. The van der Waals surface area contributed by atoms with Crippen LogP contribution in [0.3, 0.4) is 0 Å². The first kappa shape index (κ1) is 13.0. The van der Waals surface area contributed by atoms with Crippen LogP contribution in [0.5, 0.6) is 0 Å². The lowest BCUT2D eigenvalue weighted by molar-refractivity contribution is 0.232. The minimum Gasteiger partial charge on any atom is -0.327 e. The predicted molar refractivity (Wildman–Crippen MR) is 76.4 cm³/mol. The molecule has 0 radical (unpaired) electrons. The van der Waals surface area contributed by atoms with Gasteiger partial charge in [-0.1, -0.05) is 32.0 Å². The first-order valence-electron chi connectivity index (χ1n) is 6.46. The smallest absolute Gasteiger partial charge is 0.0251 e. The highest BCUT2D eigenvalue weighted by Gasteiger charge is 2.33. The molecule has 1 aromatic rings. The van der Waals surface area contributed by atoms with Gasteiger partial charge in [-0.2, -0.15) is 0 Å². The van der Waals surface area contributed by atoms with E-state index in [-0.39, 0.29) is 0 Å². The zero-order valence-corrected chi connectivity index (χ0v) is 11.9. The Morgan fingerprint density at radius 3 is 2.71 bits per heavy atom. The van der Waals surface area contributed by atoms with Crippen molar-refractivity contribution in [1.82, 2.24) is 0 Å². The molecule has 0 spiro atoms. The highest BCUT2D eigenvalue weighted by molar-refractivity contribution is 8.00. The summed E-state index contributed by atoms with van der Waals surface area (Å²) < 4.78 is 0. The number of benzene rings is 1. The highest BCUT2D eigenvalue weighted by atomic mass is 32.2. The fourth-order valence-electron chi connectivity index (χ4n) is 2.52. The van der Waals surface area contributed by atoms with E-state index in [9.17, 15) is 0 Å². The van der Waals surface area contributed by atoms with Crippen LogP contribution in [-0.4, -0.2) is 11.3 Å². The van der Waals surface area contributed by atoms with Crippen molar-refractivity contribution < 1.29 is 0 Å². The molecular formula is C15H23NS. The van der Waals surface area contributed by atoms with Crippen molar-refractivity contribution in [2.24, 2.45) is 11.1 Å². The summed E-state index contributed by atoms with van der Waals surface area (Å²) in [6.45, 7) is 6.91. The fourth-order valence-corrected chi connectivity index (χ4v) is 4.10. The molecule has 0 saturated heterocycles. The van der Waals surface area contributed by atoms with Gasteiger partial charge in [0.25, 0.3) is 0 Å². The summed E-state index contributed by atoms with van der Waals surface area (Å²) >= 11 is 1.98. The summed E-state index contributed by atoms with van der Waals surface area (Å²) in [6.07, 6.45) is 3.66. The predicted octanol–water partition coefficient (Wildman–Crippen LogP) is 3.99. The zero-order valence-electron chi connectivity index (χ0n) is 11.1. The monoisotopic (exact) mass is 249 g/mol. The van der Waals surface area contributed by atoms with Gasteiger partial charge in [0.2, 0.25) is 0 Å². The van der Waals surface area contributed by atoms with Crippen LogP contribution < -0.4 is 5.73 Å². The van der Waals surface area contributed by atoms with Gasteiger partial charge in [0.15, 0.2) is 0 Å². The number of rotatable bonds is 2. The van der Waals surface area contributed by atoms with Crippen LogP contribution in [0.25, 0.3) is 0 Å². The van der Waals surface area contributed by atoms with Crippen LogP contribution in [0.1, 0.15) is 38.7 Å². The van der Waals surface area contributed by atoms with Crippen LogP contribution in [0.4, 0.5) is 0 Å². The molecule has 17 heavy (non-hydrogen) atoms. The first-order valence-corrected chi connectivity index (χ1v) is 7.34. The molecule has 2 rings (SSSR count). The zero-order chi connectivity index (χ0) is 12.5. The largest absolute Gasteiger partial charge is 0.327 e. The Kier molecular flexibility index (Phi) is 3.84. The lowest BCUT2D eigenvalue weighted by Gasteiger charge is -2.39. The van der Waals surface area contributed by atoms with E-state index in [1.54, 1.807) is 0 Å². The number of hydrogen-bond acceptors (Lipinski definition) is 2. The Balaban J connectivity index is 2.10. The fraction of sp³-hybridized carbons (Fsp3) is 0.600. The van der Waals surface area contributed by atoms with Crippen LogP contribution in [0, 0.1) is 12.3 Å². The summed E-state index contributed by atoms with van der Waals surface area (Å²) in [4.78, 5) is 1.39. The molecule has 0 aromatic heterocycles. The van der Waals surface area contributed by atoms with Crippen molar-refractivity contribution in [1.29, 1.82) is 0 Å². The van der Waals surface area contributed by atoms with Crippen molar-refractivity contribution in [3.05, 3.63) is 29.8 Å². The highest BCUT2D eigenvalue weighted by Crippen LogP contribution is 2.42. The second-order valence-electron chi connectivity index (χ2n) is 5.99. The van der Waals surface area contributed by atoms with Crippen molar-refractivity contribution in [3.63, 3.8) is 0 Å². The maximum absolute atomic E-state index is 6.28. The molecule has 2 N–H and O–H groups in total. The third kappa shape index (κ3) is 3.26. The molecule has 1 aliphatic rings. The van der Waals surface area contributed by atoms with E-state index < -0.39 is 0 Å². The molecule has 2 atom stereocenters. The number of thioether (sulfide) groups is 1. The van der Waals surface area contributed by atoms with Gasteiger partial charge in [-0.05, 0) is 43.2 Å². The maximum atomic E-state index is 6.28. The first-order chi connectivity index (χ1) is 7.98. The average Bonchev–Trinajstić information content (AvgIpc) is 2.26. The molecule has 1 aromatic carbocycles. The van der Waals surface area contributed by atoms with Crippen LogP contribution >= 0.6 is 11.8 Å². The Labute approximate surface area is 109 Å². The summed E-state index contributed by atoms with van der Waals surface area (Å²) in [7, 11) is 0. The van der Waals surface area contributed by atoms with Gasteiger partial charge >= 0.3 is 0 Å². The van der Waals surface area contributed by atoms with Gasteiger partial charge in [-0.3, -0.25) is 0 Å². The van der Waals surface area contributed by atoms with E-state index in [1.807, 2.05) is 11.8 Å². The molecule has 0 bridgehead atoms. The quantitative estimate of drug-likeness (QED) is 0.857. The minimum absolute atomic E-state index is 0.354. The van der Waals surface area contributed by atoms with E-state index in [0.29, 0.717) is 16.7 Å². The third-order valence-corrected chi connectivity index (χ3v) is 5.29. The molecule has 1 saturated carbocycles. The maximum Gasteiger partial charge on any atom is 0.0251 e. The van der Waals surface area contributed by atoms with Crippen molar-refractivity contribution in [2.75, 3.05) is 0 Å². The SMILES string of the molecule is Cc1ccccc1SC1CC(C)(C)CCC1N. The van der Waals surface area contributed by atoms with Crippen molar-refractivity contribution in [3.8, 4) is 0 Å². The molecule has 1 aliphatic carbocycles. The summed E-state index contributed by atoms with van der Waals surface area (Å²) in [5, 5.41) is 0.569. The Morgan fingerprint density at radius 2 is 2.00 bits per heavy atom. The number of aryl methyl sites for hydroxylation is 1. The van der Waals surface area contributed by atoms with Gasteiger partial charge in [0, 0.05) is 16.2 Å². The Morgan fingerprint density at radius 1 is 1.29 bits per heavy atom. The molecule has 2 unspecified atom stereocenters. The van der Waals surface area contributed by atoms with E-state index in [1.165, 1.54) is 23.3 Å². The van der Waals surface area contributed by atoms with E-state index in [4.69, 9.17) is 5.73 Å². The molecule has 94 valence electrons. The van der Waals surface area contributed by atoms with Gasteiger partial charge in [0.05, 0.1) is 0 Å².